The summed E-state index contributed by atoms with van der Waals surface area (Å²) in [6.07, 6.45) is -0.296. The van der Waals surface area contributed by atoms with E-state index in [0.29, 0.717) is 5.56 Å². The van der Waals surface area contributed by atoms with Gasteiger partial charge in [-0.2, -0.15) is 5.10 Å². The summed E-state index contributed by atoms with van der Waals surface area (Å²) in [5, 5.41) is 2.12. The lowest BCUT2D eigenvalue weighted by molar-refractivity contribution is 0.106. The van der Waals surface area contributed by atoms with E-state index in [9.17, 15) is 13.9 Å². The SMILES string of the molecule is CCOP(=O)(OCC)C1(P(=O)(OCC)OCC)CC(C(=O)c2ccccc2)=NN1. The van der Waals surface area contributed by atoms with Crippen molar-refractivity contribution < 1.29 is 32.0 Å². The van der Waals surface area contributed by atoms with Crippen LogP contribution in [0.25, 0.3) is 0 Å². The molecule has 0 saturated carbocycles. The normalized spacial score (nSPS) is 16.3. The molecule has 0 amide bonds. The smallest absolute Gasteiger partial charge is 0.307 e. The molecule has 1 aromatic rings. The molecule has 0 spiro atoms. The van der Waals surface area contributed by atoms with Gasteiger partial charge in [-0.3, -0.25) is 19.4 Å². The van der Waals surface area contributed by atoms with Crippen molar-refractivity contribution >= 4 is 26.7 Å². The molecule has 162 valence electrons. The number of hydrazone groups is 1. The number of carbonyl (C=O) groups excluding carboxylic acids is 1. The summed E-state index contributed by atoms with van der Waals surface area (Å²) < 4.78 is 49.6. The minimum absolute atomic E-state index is 0.0287. The Morgan fingerprint density at radius 3 is 1.79 bits per heavy atom. The highest BCUT2D eigenvalue weighted by atomic mass is 31.2. The Kier molecular flexibility index (Phi) is 8.35. The minimum Gasteiger partial charge on any atom is -0.307 e. The summed E-state index contributed by atoms with van der Waals surface area (Å²) in [4.78, 5) is 12.9. The molecule has 2 rings (SSSR count). The molecule has 0 aliphatic carbocycles. The Labute approximate surface area is 171 Å². The van der Waals surface area contributed by atoms with Gasteiger partial charge in [-0.15, -0.1) is 0 Å². The minimum atomic E-state index is -4.14. The Balaban J connectivity index is 2.54. The van der Waals surface area contributed by atoms with Crippen LogP contribution >= 0.6 is 15.2 Å². The molecule has 1 heterocycles. The second kappa shape index (κ2) is 10.1. The van der Waals surface area contributed by atoms with E-state index in [-0.39, 0.29) is 44.3 Å². The Morgan fingerprint density at radius 1 is 0.931 bits per heavy atom. The molecule has 0 unspecified atom stereocenters. The van der Waals surface area contributed by atoms with Crippen LogP contribution in [-0.4, -0.2) is 42.9 Å². The first-order valence-corrected chi connectivity index (χ1v) is 12.6. The van der Waals surface area contributed by atoms with E-state index < -0.39 is 20.2 Å². The quantitative estimate of drug-likeness (QED) is 0.371. The van der Waals surface area contributed by atoms with E-state index >= 15 is 0 Å². The number of ketones is 1. The third kappa shape index (κ3) is 4.55. The molecule has 11 heteroatoms. The van der Waals surface area contributed by atoms with Crippen LogP contribution in [0, 0.1) is 0 Å². The molecule has 29 heavy (non-hydrogen) atoms. The van der Waals surface area contributed by atoms with Gasteiger partial charge in [-0.25, -0.2) is 0 Å². The van der Waals surface area contributed by atoms with Crippen molar-refractivity contribution in [3.05, 3.63) is 35.9 Å². The standard InChI is InChI=1S/C18H28N2O7P2/c1-5-24-28(22,25-6-2)18(29(23,26-7-3)27-8-4)14-16(19-20-18)17(21)15-12-10-9-11-13-15/h9-13,20H,5-8,14H2,1-4H3. The second-order valence-electron chi connectivity index (χ2n) is 6.02. The lowest BCUT2D eigenvalue weighted by atomic mass is 10.1. The molecule has 0 aromatic heterocycles. The molecule has 1 aliphatic rings. The fourth-order valence-electron chi connectivity index (χ4n) is 3.00. The molecule has 1 aromatic carbocycles. The molecular formula is C18H28N2O7P2. The number of Topliss-reactive ketones (excluding diaryl/α,β-unsaturated/α-hetero) is 1. The third-order valence-corrected chi connectivity index (χ3v) is 10.4. The van der Waals surface area contributed by atoms with Gasteiger partial charge in [0.25, 0.3) is 5.02 Å². The van der Waals surface area contributed by atoms with Crippen molar-refractivity contribution in [2.75, 3.05) is 26.4 Å². The van der Waals surface area contributed by atoms with Gasteiger partial charge in [0.15, 0.2) is 0 Å². The van der Waals surface area contributed by atoms with E-state index in [0.717, 1.165) is 0 Å². The number of hydrogen-bond donors (Lipinski definition) is 1. The largest absolute Gasteiger partial charge is 0.370 e. The van der Waals surface area contributed by atoms with Crippen molar-refractivity contribution in [3.8, 4) is 0 Å². The van der Waals surface area contributed by atoms with Crippen LogP contribution in [0.5, 0.6) is 0 Å². The number of carbonyl (C=O) groups is 1. The van der Waals surface area contributed by atoms with Crippen LogP contribution in [-0.2, 0) is 27.2 Å². The fourth-order valence-corrected chi connectivity index (χ4v) is 8.29. The summed E-state index contributed by atoms with van der Waals surface area (Å²) in [6.45, 7) is 6.66. The first kappa shape index (κ1) is 23.9. The number of nitrogens with zero attached hydrogens (tertiary/aromatic N) is 1. The zero-order chi connectivity index (χ0) is 21.5. The summed E-state index contributed by atoms with van der Waals surface area (Å²) in [5.74, 6) is -0.390. The van der Waals surface area contributed by atoms with E-state index in [1.807, 2.05) is 0 Å². The number of nitrogens with one attached hydrogen (secondary N) is 1. The van der Waals surface area contributed by atoms with E-state index in [4.69, 9.17) is 18.1 Å². The number of rotatable bonds is 12. The lowest BCUT2D eigenvalue weighted by Crippen LogP contribution is -2.42. The van der Waals surface area contributed by atoms with Gasteiger partial charge in [0.05, 0.1) is 26.4 Å². The van der Waals surface area contributed by atoms with Crippen LogP contribution < -0.4 is 5.43 Å². The van der Waals surface area contributed by atoms with Crippen molar-refractivity contribution in [3.63, 3.8) is 0 Å². The average molecular weight is 446 g/mol. The van der Waals surface area contributed by atoms with Crippen LogP contribution in [0.4, 0.5) is 0 Å². The predicted octanol–water partition coefficient (Wildman–Crippen LogP) is 4.40. The van der Waals surface area contributed by atoms with Gasteiger partial charge in [0.2, 0.25) is 5.78 Å². The third-order valence-electron chi connectivity index (χ3n) is 4.18. The Morgan fingerprint density at radius 2 is 1.38 bits per heavy atom. The molecule has 0 bridgehead atoms. The maximum Gasteiger partial charge on any atom is 0.370 e. The van der Waals surface area contributed by atoms with Crippen LogP contribution in [0.3, 0.4) is 0 Å². The molecule has 1 N–H and O–H groups in total. The van der Waals surface area contributed by atoms with E-state index in [1.165, 1.54) is 0 Å². The summed E-state index contributed by atoms with van der Waals surface area (Å²) in [7, 11) is -8.28. The average Bonchev–Trinajstić information content (AvgIpc) is 3.17. The fraction of sp³-hybridized carbons (Fsp3) is 0.556. The second-order valence-corrected chi connectivity index (χ2v) is 10.9. The first-order chi connectivity index (χ1) is 13.8. The summed E-state index contributed by atoms with van der Waals surface area (Å²) >= 11 is 0. The van der Waals surface area contributed by atoms with Gasteiger partial charge in [-0.05, 0) is 27.7 Å². The number of benzene rings is 1. The Bertz CT molecular complexity index is 779. The topological polar surface area (TPSA) is 113 Å². The van der Waals surface area contributed by atoms with Gasteiger partial charge < -0.3 is 18.1 Å². The van der Waals surface area contributed by atoms with Gasteiger partial charge in [0.1, 0.15) is 5.71 Å². The van der Waals surface area contributed by atoms with Gasteiger partial charge in [-0.1, -0.05) is 30.3 Å². The molecular weight excluding hydrogens is 418 g/mol. The molecule has 0 radical (unpaired) electrons. The van der Waals surface area contributed by atoms with Gasteiger partial charge >= 0.3 is 15.2 Å². The number of hydrogen-bond acceptors (Lipinski definition) is 9. The van der Waals surface area contributed by atoms with Crippen LogP contribution in [0.1, 0.15) is 44.5 Å². The molecule has 9 nitrogen and oxygen atoms in total. The first-order valence-electron chi connectivity index (χ1n) is 9.54. The zero-order valence-corrected chi connectivity index (χ0v) is 18.9. The van der Waals surface area contributed by atoms with Crippen molar-refractivity contribution in [2.45, 2.75) is 39.1 Å². The van der Waals surface area contributed by atoms with E-state index in [2.05, 4.69) is 10.5 Å². The highest BCUT2D eigenvalue weighted by molar-refractivity contribution is 7.74. The van der Waals surface area contributed by atoms with Crippen molar-refractivity contribution in [1.82, 2.24) is 5.43 Å². The molecule has 0 fully saturated rings. The highest BCUT2D eigenvalue weighted by Gasteiger charge is 2.68. The predicted molar refractivity (Wildman–Crippen MR) is 110 cm³/mol. The molecule has 0 atom stereocenters. The van der Waals surface area contributed by atoms with Gasteiger partial charge in [0, 0.05) is 12.0 Å². The zero-order valence-electron chi connectivity index (χ0n) is 17.1. The van der Waals surface area contributed by atoms with Crippen LogP contribution in [0.15, 0.2) is 35.4 Å². The van der Waals surface area contributed by atoms with E-state index in [1.54, 1.807) is 58.0 Å². The maximum atomic E-state index is 13.8. The highest BCUT2D eigenvalue weighted by Crippen LogP contribution is 2.78. The summed E-state index contributed by atoms with van der Waals surface area (Å²) in [6, 6.07) is 8.51. The lowest BCUT2D eigenvalue weighted by Gasteiger charge is -2.38. The molecule has 1 aliphatic heterocycles. The maximum absolute atomic E-state index is 13.8. The van der Waals surface area contributed by atoms with Crippen LogP contribution in [0.2, 0.25) is 0 Å². The Hall–Kier alpha value is -1.34. The van der Waals surface area contributed by atoms with Crippen molar-refractivity contribution in [2.24, 2.45) is 5.10 Å². The summed E-state index contributed by atoms with van der Waals surface area (Å²) in [5.41, 5.74) is 3.07. The molecule has 0 saturated heterocycles. The monoisotopic (exact) mass is 446 g/mol. The van der Waals surface area contributed by atoms with Crippen molar-refractivity contribution in [1.29, 1.82) is 0 Å².